The van der Waals surface area contributed by atoms with Gasteiger partial charge in [-0.3, -0.25) is 0 Å². The number of rotatable bonds is 5. The van der Waals surface area contributed by atoms with E-state index in [9.17, 15) is 14.9 Å². The minimum atomic E-state index is -0.863. The number of dihydropyridines is 1. The molecule has 1 atom stereocenters. The van der Waals surface area contributed by atoms with Crippen molar-refractivity contribution in [3.05, 3.63) is 57.4 Å². The van der Waals surface area contributed by atoms with Gasteiger partial charge in [0.05, 0.1) is 30.3 Å². The Morgan fingerprint density at radius 1 is 1.15 bits per heavy atom. The quantitative estimate of drug-likeness (QED) is 0.796. The third-order valence-corrected chi connectivity index (χ3v) is 4.23. The average molecular weight is 375 g/mol. The van der Waals surface area contributed by atoms with Crippen LogP contribution in [0.25, 0.3) is 0 Å². The van der Waals surface area contributed by atoms with Crippen molar-refractivity contribution >= 4 is 23.5 Å². The monoisotopic (exact) mass is 374 g/mol. The third kappa shape index (κ3) is 3.73. The fourth-order valence-electron chi connectivity index (χ4n) is 2.84. The molecule has 0 aliphatic carbocycles. The van der Waals surface area contributed by atoms with E-state index in [2.05, 4.69) is 5.32 Å². The maximum Gasteiger partial charge on any atom is 0.337 e. The van der Waals surface area contributed by atoms with E-state index >= 15 is 0 Å². The van der Waals surface area contributed by atoms with E-state index in [1.54, 1.807) is 45.0 Å². The number of hydrogen-bond acceptors (Lipinski definition) is 6. The number of ether oxygens (including phenoxy) is 2. The van der Waals surface area contributed by atoms with Crippen LogP contribution in [-0.2, 0) is 19.1 Å². The number of nitrogens with zero attached hydrogens (tertiary/aromatic N) is 1. The van der Waals surface area contributed by atoms with E-state index in [1.807, 2.05) is 6.07 Å². The van der Waals surface area contributed by atoms with Gasteiger partial charge in [0.2, 0.25) is 0 Å². The number of benzene rings is 1. The number of halogens is 1. The summed E-state index contributed by atoms with van der Waals surface area (Å²) in [7, 11) is 0. The molecule has 0 saturated carbocycles. The van der Waals surface area contributed by atoms with Crippen molar-refractivity contribution in [1.29, 1.82) is 5.26 Å². The largest absolute Gasteiger partial charge is 0.463 e. The molecule has 0 bridgehead atoms. The average Bonchev–Trinajstić information content (AvgIpc) is 2.61. The van der Waals surface area contributed by atoms with Crippen LogP contribution >= 0.6 is 11.6 Å². The van der Waals surface area contributed by atoms with Crippen LogP contribution < -0.4 is 5.32 Å². The SMILES string of the molecule is CCOC(=O)C1=C(C)NC(C#N)=C(C(=O)OCC)C1c1ccccc1Cl. The molecule has 1 aliphatic rings. The molecule has 0 amide bonds. The Kier molecular flexibility index (Phi) is 6.42. The van der Waals surface area contributed by atoms with Crippen molar-refractivity contribution in [3.63, 3.8) is 0 Å². The molecule has 6 nitrogen and oxygen atoms in total. The summed E-state index contributed by atoms with van der Waals surface area (Å²) in [4.78, 5) is 25.2. The number of carbonyl (C=O) groups is 2. The maximum atomic E-state index is 12.6. The summed E-state index contributed by atoms with van der Waals surface area (Å²) in [6, 6.07) is 8.83. The van der Waals surface area contributed by atoms with Crippen LogP contribution in [0.3, 0.4) is 0 Å². The number of nitriles is 1. The van der Waals surface area contributed by atoms with Gasteiger partial charge in [-0.15, -0.1) is 0 Å². The summed E-state index contributed by atoms with van der Waals surface area (Å²) >= 11 is 6.34. The molecule has 0 fully saturated rings. The second kappa shape index (κ2) is 8.54. The van der Waals surface area contributed by atoms with E-state index in [4.69, 9.17) is 21.1 Å². The van der Waals surface area contributed by atoms with Crippen molar-refractivity contribution in [2.24, 2.45) is 0 Å². The van der Waals surface area contributed by atoms with E-state index in [-0.39, 0.29) is 30.1 Å². The second-order valence-corrected chi connectivity index (χ2v) is 5.87. The molecule has 2 rings (SSSR count). The number of nitrogens with one attached hydrogen (secondary N) is 1. The van der Waals surface area contributed by atoms with Crippen molar-refractivity contribution in [3.8, 4) is 6.07 Å². The van der Waals surface area contributed by atoms with E-state index < -0.39 is 17.9 Å². The predicted octanol–water partition coefficient (Wildman–Crippen LogP) is 3.20. The minimum absolute atomic E-state index is 0.0268. The first-order valence-corrected chi connectivity index (χ1v) is 8.54. The Balaban J connectivity index is 2.74. The molecule has 0 saturated heterocycles. The standard InChI is InChI=1S/C19H19ClN2O4/c1-4-25-18(23)15-11(3)22-14(10-21)17(19(24)26-5-2)16(15)12-8-6-7-9-13(12)20/h6-9,16,22H,4-5H2,1-3H3. The van der Waals surface area contributed by atoms with Crippen molar-refractivity contribution in [2.75, 3.05) is 13.2 Å². The van der Waals surface area contributed by atoms with Gasteiger partial charge >= 0.3 is 11.9 Å². The summed E-state index contributed by atoms with van der Waals surface area (Å²) in [5.41, 5.74) is 1.24. The lowest BCUT2D eigenvalue weighted by molar-refractivity contribution is -0.139. The zero-order valence-electron chi connectivity index (χ0n) is 14.8. The third-order valence-electron chi connectivity index (χ3n) is 3.88. The normalized spacial score (nSPS) is 16.7. The molecular weight excluding hydrogens is 356 g/mol. The molecule has 7 heteroatoms. The highest BCUT2D eigenvalue weighted by Gasteiger charge is 2.39. The van der Waals surface area contributed by atoms with Gasteiger partial charge in [-0.2, -0.15) is 5.26 Å². The highest BCUT2D eigenvalue weighted by atomic mass is 35.5. The summed E-state index contributed by atoms with van der Waals surface area (Å²) in [6.07, 6.45) is 0. The van der Waals surface area contributed by atoms with E-state index in [0.29, 0.717) is 16.3 Å². The number of allylic oxidation sites excluding steroid dienone is 2. The van der Waals surface area contributed by atoms with E-state index in [1.165, 1.54) is 0 Å². The Bertz CT molecular complexity index is 836. The minimum Gasteiger partial charge on any atom is -0.463 e. The summed E-state index contributed by atoms with van der Waals surface area (Å²) in [5.74, 6) is -2.13. The number of esters is 2. The van der Waals surface area contributed by atoms with Crippen LogP contribution in [0.15, 0.2) is 46.8 Å². The highest BCUT2D eigenvalue weighted by Crippen LogP contribution is 2.41. The molecule has 1 aromatic rings. The van der Waals surface area contributed by atoms with Gasteiger partial charge in [0.25, 0.3) is 0 Å². The Labute approximate surface area is 157 Å². The Morgan fingerprint density at radius 3 is 2.27 bits per heavy atom. The lowest BCUT2D eigenvalue weighted by atomic mass is 9.80. The summed E-state index contributed by atoms with van der Waals surface area (Å²) in [5, 5.41) is 12.7. The van der Waals surface area contributed by atoms with Crippen LogP contribution in [0.2, 0.25) is 5.02 Å². The molecular formula is C19H19ClN2O4. The lowest BCUT2D eigenvalue weighted by Crippen LogP contribution is -2.33. The molecule has 136 valence electrons. The highest BCUT2D eigenvalue weighted by molar-refractivity contribution is 6.31. The van der Waals surface area contributed by atoms with E-state index in [0.717, 1.165) is 0 Å². The van der Waals surface area contributed by atoms with Crippen molar-refractivity contribution in [2.45, 2.75) is 26.7 Å². The molecule has 0 aromatic heterocycles. The first kappa shape index (κ1) is 19.5. The molecule has 26 heavy (non-hydrogen) atoms. The number of carbonyl (C=O) groups excluding carboxylic acids is 2. The van der Waals surface area contributed by atoms with Gasteiger partial charge < -0.3 is 14.8 Å². The van der Waals surface area contributed by atoms with Gasteiger partial charge in [0, 0.05) is 10.7 Å². The van der Waals surface area contributed by atoms with Crippen LogP contribution in [0.1, 0.15) is 32.3 Å². The van der Waals surface area contributed by atoms with Crippen molar-refractivity contribution in [1.82, 2.24) is 5.32 Å². The fourth-order valence-corrected chi connectivity index (χ4v) is 3.09. The van der Waals surface area contributed by atoms with Gasteiger partial charge in [0.1, 0.15) is 11.8 Å². The second-order valence-electron chi connectivity index (χ2n) is 5.46. The first-order chi connectivity index (χ1) is 12.5. The summed E-state index contributed by atoms with van der Waals surface area (Å²) < 4.78 is 10.3. The fraction of sp³-hybridized carbons (Fsp3) is 0.316. The topological polar surface area (TPSA) is 88.4 Å². The molecule has 1 aromatic carbocycles. The first-order valence-electron chi connectivity index (χ1n) is 8.16. The van der Waals surface area contributed by atoms with Gasteiger partial charge in [-0.1, -0.05) is 29.8 Å². The van der Waals surface area contributed by atoms with Crippen LogP contribution in [-0.4, -0.2) is 25.2 Å². The Morgan fingerprint density at radius 2 is 1.73 bits per heavy atom. The molecule has 1 aliphatic heterocycles. The number of hydrogen-bond donors (Lipinski definition) is 1. The van der Waals surface area contributed by atoms with Gasteiger partial charge in [0.15, 0.2) is 0 Å². The van der Waals surface area contributed by atoms with Crippen LogP contribution in [0.5, 0.6) is 0 Å². The molecule has 1 unspecified atom stereocenters. The van der Waals surface area contributed by atoms with Gasteiger partial charge in [-0.05, 0) is 32.4 Å². The molecule has 1 N–H and O–H groups in total. The maximum absolute atomic E-state index is 12.6. The van der Waals surface area contributed by atoms with Crippen LogP contribution in [0.4, 0.5) is 0 Å². The van der Waals surface area contributed by atoms with Crippen LogP contribution in [0, 0.1) is 11.3 Å². The Hall–Kier alpha value is -2.78. The van der Waals surface area contributed by atoms with Gasteiger partial charge in [-0.25, -0.2) is 9.59 Å². The lowest BCUT2D eigenvalue weighted by Gasteiger charge is -2.29. The zero-order valence-corrected chi connectivity index (χ0v) is 15.5. The molecule has 0 radical (unpaired) electrons. The molecule has 1 heterocycles. The predicted molar refractivity (Wildman–Crippen MR) is 95.9 cm³/mol. The zero-order chi connectivity index (χ0) is 19.3. The smallest absolute Gasteiger partial charge is 0.337 e. The molecule has 0 spiro atoms. The van der Waals surface area contributed by atoms with Crippen molar-refractivity contribution < 1.29 is 19.1 Å². The summed E-state index contributed by atoms with van der Waals surface area (Å²) in [6.45, 7) is 5.31.